The molecule has 66 valence electrons. The van der Waals surface area contributed by atoms with Gasteiger partial charge < -0.3 is 5.32 Å². The first-order chi connectivity index (χ1) is 5.69. The molecule has 0 bridgehead atoms. The van der Waals surface area contributed by atoms with Gasteiger partial charge in [0.25, 0.3) is 0 Å². The molecule has 1 N–H and O–H groups in total. The van der Waals surface area contributed by atoms with E-state index in [1.807, 2.05) is 6.92 Å². The predicted molar refractivity (Wildman–Crippen MR) is 48.4 cm³/mol. The van der Waals surface area contributed by atoms with Crippen LogP contribution < -0.4 is 5.32 Å². The van der Waals surface area contributed by atoms with E-state index in [0.29, 0.717) is 6.54 Å². The molecule has 0 aromatic rings. The summed E-state index contributed by atoms with van der Waals surface area (Å²) in [5, 5.41) is 2.81. The minimum absolute atomic E-state index is 0.0879. The zero-order valence-electron chi connectivity index (χ0n) is 7.74. The second-order valence-corrected chi connectivity index (χ2v) is 3.52. The number of nitrogens with one attached hydrogen (secondary N) is 1. The molecule has 2 nitrogen and oxygen atoms in total. The molecular formula is C10H15NO. The molecule has 0 heterocycles. The Morgan fingerprint density at radius 2 is 2.25 bits per heavy atom. The molecule has 0 atom stereocenters. The summed E-state index contributed by atoms with van der Waals surface area (Å²) in [4.78, 5) is 11.4. The summed E-state index contributed by atoms with van der Waals surface area (Å²) < 4.78 is 0. The van der Waals surface area contributed by atoms with Gasteiger partial charge in [0, 0.05) is 5.41 Å². The summed E-state index contributed by atoms with van der Waals surface area (Å²) in [5.74, 6) is 5.73. The van der Waals surface area contributed by atoms with Crippen molar-refractivity contribution in [3.63, 3.8) is 0 Å². The first-order valence-electron chi connectivity index (χ1n) is 4.37. The van der Waals surface area contributed by atoms with Crippen LogP contribution in [0, 0.1) is 17.3 Å². The molecular weight excluding hydrogens is 150 g/mol. The Morgan fingerprint density at radius 3 is 2.67 bits per heavy atom. The average molecular weight is 165 g/mol. The van der Waals surface area contributed by atoms with Crippen molar-refractivity contribution >= 4 is 5.91 Å². The molecule has 1 fully saturated rings. The lowest BCUT2D eigenvalue weighted by molar-refractivity contribution is -0.134. The van der Waals surface area contributed by atoms with E-state index in [2.05, 4.69) is 17.2 Å². The standard InChI is InChI=1S/C10H15NO/c1-3-4-8-11-9(12)10(2)6-5-7-10/h5-8H2,1-2H3,(H,11,12). The largest absolute Gasteiger partial charge is 0.345 e. The summed E-state index contributed by atoms with van der Waals surface area (Å²) in [6.07, 6.45) is 3.24. The van der Waals surface area contributed by atoms with Crippen molar-refractivity contribution in [1.29, 1.82) is 0 Å². The average Bonchev–Trinajstić information content (AvgIpc) is 2.00. The summed E-state index contributed by atoms with van der Waals surface area (Å²) in [5.41, 5.74) is -0.0879. The van der Waals surface area contributed by atoms with Crippen LogP contribution in [0.3, 0.4) is 0 Å². The molecule has 0 radical (unpaired) electrons. The third-order valence-electron chi connectivity index (χ3n) is 2.52. The Morgan fingerprint density at radius 1 is 1.58 bits per heavy atom. The Bertz CT molecular complexity index is 230. The predicted octanol–water partition coefficient (Wildman–Crippen LogP) is 1.32. The van der Waals surface area contributed by atoms with Crippen molar-refractivity contribution < 1.29 is 4.79 Å². The molecule has 0 spiro atoms. The van der Waals surface area contributed by atoms with Crippen LogP contribution in [0.1, 0.15) is 33.1 Å². The third-order valence-corrected chi connectivity index (χ3v) is 2.52. The van der Waals surface area contributed by atoms with Crippen LogP contribution in [0.2, 0.25) is 0 Å². The number of hydrogen-bond acceptors (Lipinski definition) is 1. The van der Waals surface area contributed by atoms with E-state index < -0.39 is 0 Å². The van der Waals surface area contributed by atoms with Gasteiger partial charge in [-0.15, -0.1) is 5.92 Å². The van der Waals surface area contributed by atoms with Crippen molar-refractivity contribution in [2.45, 2.75) is 33.1 Å². The molecule has 0 aromatic carbocycles. The maximum absolute atomic E-state index is 11.4. The van der Waals surface area contributed by atoms with Gasteiger partial charge in [0.2, 0.25) is 5.91 Å². The Balaban J connectivity index is 2.31. The summed E-state index contributed by atoms with van der Waals surface area (Å²) in [6.45, 7) is 4.29. The van der Waals surface area contributed by atoms with Gasteiger partial charge >= 0.3 is 0 Å². The normalized spacial score (nSPS) is 18.5. The monoisotopic (exact) mass is 165 g/mol. The van der Waals surface area contributed by atoms with Crippen LogP contribution >= 0.6 is 0 Å². The molecule has 0 saturated heterocycles. The molecule has 12 heavy (non-hydrogen) atoms. The van der Waals surface area contributed by atoms with E-state index in [1.54, 1.807) is 6.92 Å². The van der Waals surface area contributed by atoms with Gasteiger partial charge in [0.15, 0.2) is 0 Å². The topological polar surface area (TPSA) is 29.1 Å². The van der Waals surface area contributed by atoms with E-state index in [9.17, 15) is 4.79 Å². The molecule has 0 aliphatic heterocycles. The molecule has 1 amide bonds. The van der Waals surface area contributed by atoms with Gasteiger partial charge in [0.05, 0.1) is 6.54 Å². The maximum atomic E-state index is 11.4. The van der Waals surface area contributed by atoms with Crippen molar-refractivity contribution in [3.05, 3.63) is 0 Å². The van der Waals surface area contributed by atoms with Gasteiger partial charge in [-0.25, -0.2) is 0 Å². The minimum atomic E-state index is -0.0879. The summed E-state index contributed by atoms with van der Waals surface area (Å²) in [7, 11) is 0. The van der Waals surface area contributed by atoms with Gasteiger partial charge in [-0.2, -0.15) is 0 Å². The van der Waals surface area contributed by atoms with Gasteiger partial charge in [-0.05, 0) is 19.8 Å². The molecule has 0 aromatic heterocycles. The third kappa shape index (κ3) is 1.79. The Hall–Kier alpha value is -0.970. The number of amides is 1. The minimum Gasteiger partial charge on any atom is -0.345 e. The van der Waals surface area contributed by atoms with E-state index >= 15 is 0 Å². The molecule has 2 heteroatoms. The van der Waals surface area contributed by atoms with Crippen LogP contribution in [0.25, 0.3) is 0 Å². The summed E-state index contributed by atoms with van der Waals surface area (Å²) >= 11 is 0. The van der Waals surface area contributed by atoms with Crippen LogP contribution in [-0.2, 0) is 4.79 Å². The van der Waals surface area contributed by atoms with Crippen LogP contribution in [-0.4, -0.2) is 12.5 Å². The fourth-order valence-corrected chi connectivity index (χ4v) is 1.36. The highest BCUT2D eigenvalue weighted by Gasteiger charge is 2.38. The lowest BCUT2D eigenvalue weighted by Crippen LogP contribution is -2.43. The van der Waals surface area contributed by atoms with Crippen molar-refractivity contribution in [2.24, 2.45) is 5.41 Å². The lowest BCUT2D eigenvalue weighted by atomic mass is 9.70. The molecule has 0 unspecified atom stereocenters. The zero-order chi connectivity index (χ0) is 9.03. The van der Waals surface area contributed by atoms with E-state index in [4.69, 9.17) is 0 Å². The van der Waals surface area contributed by atoms with Crippen molar-refractivity contribution in [2.75, 3.05) is 6.54 Å². The first kappa shape index (κ1) is 9.12. The second kappa shape index (κ2) is 3.62. The number of rotatable bonds is 2. The van der Waals surface area contributed by atoms with E-state index in [0.717, 1.165) is 12.8 Å². The van der Waals surface area contributed by atoms with Crippen LogP contribution in [0.4, 0.5) is 0 Å². The fourth-order valence-electron chi connectivity index (χ4n) is 1.36. The van der Waals surface area contributed by atoms with Gasteiger partial charge in [-0.3, -0.25) is 4.79 Å². The highest BCUT2D eigenvalue weighted by atomic mass is 16.2. The molecule has 1 rings (SSSR count). The highest BCUT2D eigenvalue weighted by molar-refractivity contribution is 5.83. The fraction of sp³-hybridized carbons (Fsp3) is 0.700. The van der Waals surface area contributed by atoms with Crippen LogP contribution in [0.5, 0.6) is 0 Å². The highest BCUT2D eigenvalue weighted by Crippen LogP contribution is 2.40. The Labute approximate surface area is 73.7 Å². The Kier molecular flexibility index (Phi) is 2.75. The van der Waals surface area contributed by atoms with Crippen molar-refractivity contribution in [3.8, 4) is 11.8 Å². The van der Waals surface area contributed by atoms with Crippen LogP contribution in [0.15, 0.2) is 0 Å². The van der Waals surface area contributed by atoms with E-state index in [1.165, 1.54) is 6.42 Å². The molecule has 1 aliphatic rings. The number of carbonyl (C=O) groups is 1. The van der Waals surface area contributed by atoms with E-state index in [-0.39, 0.29) is 11.3 Å². The SMILES string of the molecule is CC#CCNC(=O)C1(C)CCC1. The van der Waals surface area contributed by atoms with Crippen molar-refractivity contribution in [1.82, 2.24) is 5.32 Å². The second-order valence-electron chi connectivity index (χ2n) is 3.52. The lowest BCUT2D eigenvalue weighted by Gasteiger charge is -2.36. The first-order valence-corrected chi connectivity index (χ1v) is 4.37. The smallest absolute Gasteiger partial charge is 0.226 e. The zero-order valence-corrected chi connectivity index (χ0v) is 7.74. The van der Waals surface area contributed by atoms with Gasteiger partial charge in [0.1, 0.15) is 0 Å². The molecule has 1 saturated carbocycles. The number of carbonyl (C=O) groups excluding carboxylic acids is 1. The maximum Gasteiger partial charge on any atom is 0.226 e. The quantitative estimate of drug-likeness (QED) is 0.614. The number of hydrogen-bond donors (Lipinski definition) is 1. The summed E-state index contributed by atoms with van der Waals surface area (Å²) in [6, 6.07) is 0. The van der Waals surface area contributed by atoms with Gasteiger partial charge in [-0.1, -0.05) is 19.3 Å². The molecule has 1 aliphatic carbocycles.